The molecule has 13 heteroatoms. The Labute approximate surface area is 183 Å². The number of carbonyl (C=O) groups excluding carboxylic acids is 1. The van der Waals surface area contributed by atoms with Crippen LogP contribution in [0.2, 0.25) is 0 Å². The molecule has 31 heavy (non-hydrogen) atoms. The molecule has 174 valence electrons. The third-order valence-electron chi connectivity index (χ3n) is 5.21. The maximum atomic E-state index is 12.8. The van der Waals surface area contributed by atoms with Crippen molar-refractivity contribution < 1.29 is 26.4 Å². The SMILES string of the molecule is CN(C)S(=O)(=O)N1CCN(CC(=O)Nc2cccc(S(=O)(=O)N3CCOCC3)c2)CC1. The van der Waals surface area contributed by atoms with Crippen molar-refractivity contribution in [2.24, 2.45) is 0 Å². The van der Waals surface area contributed by atoms with Crippen molar-refractivity contribution in [2.45, 2.75) is 4.90 Å². The van der Waals surface area contributed by atoms with Crippen LogP contribution in [0.3, 0.4) is 0 Å². The molecule has 0 aliphatic carbocycles. The molecule has 1 aromatic rings. The Bertz CT molecular complexity index is 984. The molecule has 1 N–H and O–H groups in total. The lowest BCUT2D eigenvalue weighted by atomic mass is 10.3. The molecular formula is C18H29N5O6S2. The molecule has 11 nitrogen and oxygen atoms in total. The highest BCUT2D eigenvalue weighted by Crippen LogP contribution is 2.20. The number of piperazine rings is 1. The van der Waals surface area contributed by atoms with E-state index < -0.39 is 20.2 Å². The number of rotatable bonds is 7. The molecule has 2 aliphatic rings. The monoisotopic (exact) mass is 475 g/mol. The van der Waals surface area contributed by atoms with Crippen LogP contribution in [0, 0.1) is 0 Å². The van der Waals surface area contributed by atoms with E-state index in [0.717, 1.165) is 0 Å². The normalized spacial score (nSPS) is 20.1. The van der Waals surface area contributed by atoms with Crippen LogP contribution in [0.1, 0.15) is 0 Å². The highest BCUT2D eigenvalue weighted by molar-refractivity contribution is 7.89. The summed E-state index contributed by atoms with van der Waals surface area (Å²) in [5, 5.41) is 2.74. The van der Waals surface area contributed by atoms with Gasteiger partial charge in [0.2, 0.25) is 15.9 Å². The van der Waals surface area contributed by atoms with Crippen LogP contribution in [-0.4, -0.2) is 114 Å². The number of nitrogens with one attached hydrogen (secondary N) is 1. The Morgan fingerprint density at radius 1 is 1.00 bits per heavy atom. The number of amides is 1. The third kappa shape index (κ3) is 5.80. The van der Waals surface area contributed by atoms with E-state index in [2.05, 4.69) is 5.32 Å². The number of sulfonamides is 1. The number of morpholine rings is 1. The second-order valence-corrected chi connectivity index (χ2v) is 11.6. The van der Waals surface area contributed by atoms with Crippen molar-refractivity contribution in [3.05, 3.63) is 24.3 Å². The van der Waals surface area contributed by atoms with Crippen LogP contribution in [0.25, 0.3) is 0 Å². The van der Waals surface area contributed by atoms with Gasteiger partial charge in [0.05, 0.1) is 24.7 Å². The zero-order valence-electron chi connectivity index (χ0n) is 17.7. The fourth-order valence-corrected chi connectivity index (χ4v) is 5.96. The van der Waals surface area contributed by atoms with Gasteiger partial charge in [0.15, 0.2) is 0 Å². The van der Waals surface area contributed by atoms with E-state index in [9.17, 15) is 21.6 Å². The highest BCUT2D eigenvalue weighted by atomic mass is 32.2. The van der Waals surface area contributed by atoms with E-state index in [4.69, 9.17) is 4.74 Å². The lowest BCUT2D eigenvalue weighted by Crippen LogP contribution is -2.52. The molecule has 0 atom stereocenters. The molecule has 2 fully saturated rings. The number of ether oxygens (including phenoxy) is 1. The summed E-state index contributed by atoms with van der Waals surface area (Å²) < 4.78 is 59.1. The lowest BCUT2D eigenvalue weighted by molar-refractivity contribution is -0.117. The second kappa shape index (κ2) is 9.90. The minimum atomic E-state index is -3.65. The van der Waals surface area contributed by atoms with E-state index in [1.54, 1.807) is 12.1 Å². The Hall–Kier alpha value is -1.61. The van der Waals surface area contributed by atoms with E-state index in [1.165, 1.54) is 39.1 Å². The van der Waals surface area contributed by atoms with Crippen molar-refractivity contribution >= 4 is 31.8 Å². The van der Waals surface area contributed by atoms with Gasteiger partial charge in [-0.1, -0.05) is 6.07 Å². The first kappa shape index (κ1) is 24.0. The number of carbonyl (C=O) groups is 1. The van der Waals surface area contributed by atoms with Gasteiger partial charge in [-0.15, -0.1) is 0 Å². The minimum absolute atomic E-state index is 0.0935. The van der Waals surface area contributed by atoms with E-state index in [-0.39, 0.29) is 17.3 Å². The molecule has 2 saturated heterocycles. The number of nitrogens with zero attached hydrogens (tertiary/aromatic N) is 4. The van der Waals surface area contributed by atoms with Crippen LogP contribution in [0.4, 0.5) is 5.69 Å². The van der Waals surface area contributed by atoms with Crippen molar-refractivity contribution in [1.29, 1.82) is 0 Å². The number of anilines is 1. The molecule has 0 saturated carbocycles. The summed E-state index contributed by atoms with van der Waals surface area (Å²) in [6.07, 6.45) is 0. The minimum Gasteiger partial charge on any atom is -0.379 e. The largest absolute Gasteiger partial charge is 0.379 e. The van der Waals surface area contributed by atoms with Crippen LogP contribution in [0.15, 0.2) is 29.2 Å². The smallest absolute Gasteiger partial charge is 0.281 e. The summed E-state index contributed by atoms with van der Waals surface area (Å²) in [5.74, 6) is -0.287. The average molecular weight is 476 g/mol. The summed E-state index contributed by atoms with van der Waals surface area (Å²) in [7, 11) is -4.13. The molecule has 2 heterocycles. The Morgan fingerprint density at radius 2 is 1.65 bits per heavy atom. The van der Waals surface area contributed by atoms with Crippen LogP contribution >= 0.6 is 0 Å². The van der Waals surface area contributed by atoms with Gasteiger partial charge in [-0.25, -0.2) is 8.42 Å². The number of hydrogen-bond donors (Lipinski definition) is 1. The van der Waals surface area contributed by atoms with Crippen LogP contribution in [-0.2, 0) is 29.8 Å². The molecule has 0 spiro atoms. The summed E-state index contributed by atoms with van der Waals surface area (Å²) in [4.78, 5) is 14.4. The van der Waals surface area contributed by atoms with Gasteiger partial charge in [-0.2, -0.15) is 21.3 Å². The van der Waals surface area contributed by atoms with Crippen LogP contribution in [0.5, 0.6) is 0 Å². The van der Waals surface area contributed by atoms with Crippen LogP contribution < -0.4 is 5.32 Å². The first-order valence-corrected chi connectivity index (χ1v) is 12.8. The average Bonchev–Trinajstić information content (AvgIpc) is 2.74. The molecule has 0 radical (unpaired) electrons. The van der Waals surface area contributed by atoms with E-state index in [0.29, 0.717) is 58.2 Å². The zero-order valence-corrected chi connectivity index (χ0v) is 19.4. The maximum absolute atomic E-state index is 12.8. The molecule has 0 aromatic heterocycles. The van der Waals surface area contributed by atoms with Gasteiger partial charge in [-0.3, -0.25) is 9.69 Å². The summed E-state index contributed by atoms with van der Waals surface area (Å²) in [6.45, 7) is 2.90. The molecule has 0 unspecified atom stereocenters. The standard InChI is InChI=1S/C18H29N5O6S2/c1-20(2)31(27,28)23-8-6-21(7-9-23)15-18(24)19-16-4-3-5-17(14-16)30(25,26)22-10-12-29-13-11-22/h3-5,14H,6-13,15H2,1-2H3,(H,19,24). The number of benzene rings is 1. The predicted molar refractivity (Wildman–Crippen MR) is 115 cm³/mol. The number of hydrogen-bond acceptors (Lipinski definition) is 7. The predicted octanol–water partition coefficient (Wildman–Crippen LogP) is -0.930. The first-order valence-electron chi connectivity index (χ1n) is 9.98. The fraction of sp³-hybridized carbons (Fsp3) is 0.611. The van der Waals surface area contributed by atoms with E-state index >= 15 is 0 Å². The maximum Gasteiger partial charge on any atom is 0.281 e. The Morgan fingerprint density at radius 3 is 2.26 bits per heavy atom. The summed E-state index contributed by atoms with van der Waals surface area (Å²) in [6, 6.07) is 6.18. The highest BCUT2D eigenvalue weighted by Gasteiger charge is 2.29. The first-order chi connectivity index (χ1) is 14.6. The zero-order chi connectivity index (χ0) is 22.6. The molecular weight excluding hydrogens is 446 g/mol. The fourth-order valence-electron chi connectivity index (χ4n) is 3.42. The van der Waals surface area contributed by atoms with Crippen molar-refractivity contribution in [1.82, 2.24) is 17.8 Å². The molecule has 1 amide bonds. The van der Waals surface area contributed by atoms with Gasteiger partial charge in [0.25, 0.3) is 10.2 Å². The van der Waals surface area contributed by atoms with Crippen molar-refractivity contribution in [3.8, 4) is 0 Å². The molecule has 2 aliphatic heterocycles. The van der Waals surface area contributed by atoms with E-state index in [1.807, 2.05) is 4.90 Å². The quantitative estimate of drug-likeness (QED) is 0.541. The second-order valence-electron chi connectivity index (χ2n) is 7.56. The topological polar surface area (TPSA) is 120 Å². The molecule has 0 bridgehead atoms. The summed E-state index contributed by atoms with van der Waals surface area (Å²) in [5.41, 5.74) is 0.396. The molecule has 1 aromatic carbocycles. The van der Waals surface area contributed by atoms with Gasteiger partial charge in [0, 0.05) is 59.1 Å². The van der Waals surface area contributed by atoms with Gasteiger partial charge >= 0.3 is 0 Å². The third-order valence-corrected chi connectivity index (χ3v) is 9.05. The molecule has 3 rings (SSSR count). The van der Waals surface area contributed by atoms with Gasteiger partial charge in [-0.05, 0) is 18.2 Å². The Kier molecular flexibility index (Phi) is 7.68. The Balaban J connectivity index is 1.56. The van der Waals surface area contributed by atoms with Crippen molar-refractivity contribution in [3.63, 3.8) is 0 Å². The van der Waals surface area contributed by atoms with Gasteiger partial charge < -0.3 is 10.1 Å². The summed E-state index contributed by atoms with van der Waals surface area (Å²) >= 11 is 0. The lowest BCUT2D eigenvalue weighted by Gasteiger charge is -2.34. The van der Waals surface area contributed by atoms with Gasteiger partial charge in [0.1, 0.15) is 0 Å². The van der Waals surface area contributed by atoms with Crippen molar-refractivity contribution in [2.75, 3.05) is 78.4 Å².